The lowest BCUT2D eigenvalue weighted by Crippen LogP contribution is -2.27. The van der Waals surface area contributed by atoms with E-state index in [9.17, 15) is 9.59 Å². The second-order valence-electron chi connectivity index (χ2n) is 5.49. The van der Waals surface area contributed by atoms with Crippen molar-refractivity contribution in [3.8, 4) is 5.75 Å². The summed E-state index contributed by atoms with van der Waals surface area (Å²) in [5, 5.41) is 1.38. The molecule has 1 heterocycles. The average Bonchev–Trinajstić information content (AvgIpc) is 3.04. The van der Waals surface area contributed by atoms with Gasteiger partial charge in [-0.3, -0.25) is 4.79 Å². The Morgan fingerprint density at radius 1 is 1.12 bits per heavy atom. The maximum atomic E-state index is 12.5. The number of hydrogen-bond donors (Lipinski definition) is 1. The van der Waals surface area contributed by atoms with Gasteiger partial charge in [0.25, 0.3) is 0 Å². The molecule has 1 aromatic heterocycles. The zero-order chi connectivity index (χ0) is 17.8. The molecular weight excluding hydrogens is 342 g/mol. The zero-order valence-corrected chi connectivity index (χ0v) is 14.2. The van der Waals surface area contributed by atoms with Crippen molar-refractivity contribution < 1.29 is 19.1 Å². The molecule has 128 valence electrons. The van der Waals surface area contributed by atoms with E-state index < -0.39 is 12.1 Å². The van der Waals surface area contributed by atoms with Crippen LogP contribution in [0.1, 0.15) is 17.3 Å². The summed E-state index contributed by atoms with van der Waals surface area (Å²) in [4.78, 5) is 27.4. The van der Waals surface area contributed by atoms with Crippen molar-refractivity contribution in [1.29, 1.82) is 0 Å². The Hall–Kier alpha value is -2.79. The van der Waals surface area contributed by atoms with Gasteiger partial charge in [-0.15, -0.1) is 0 Å². The summed E-state index contributed by atoms with van der Waals surface area (Å²) in [5.74, 6) is -0.384. The van der Waals surface area contributed by atoms with Crippen LogP contribution in [0.2, 0.25) is 5.02 Å². The normalized spacial score (nSPS) is 11.9. The van der Waals surface area contributed by atoms with Crippen LogP contribution >= 0.6 is 11.6 Å². The van der Waals surface area contributed by atoms with Crippen molar-refractivity contribution in [2.45, 2.75) is 13.0 Å². The first kappa shape index (κ1) is 17.0. The third-order valence-electron chi connectivity index (χ3n) is 3.70. The van der Waals surface area contributed by atoms with Gasteiger partial charge in [0.2, 0.25) is 5.78 Å². The maximum absolute atomic E-state index is 12.5. The molecule has 0 amide bonds. The summed E-state index contributed by atoms with van der Waals surface area (Å²) in [7, 11) is 0. The number of halogens is 1. The lowest BCUT2D eigenvalue weighted by Gasteiger charge is -2.12. The molecule has 3 rings (SSSR count). The van der Waals surface area contributed by atoms with E-state index in [1.165, 1.54) is 0 Å². The highest BCUT2D eigenvalue weighted by Crippen LogP contribution is 2.20. The van der Waals surface area contributed by atoms with Gasteiger partial charge >= 0.3 is 5.97 Å². The lowest BCUT2D eigenvalue weighted by atomic mass is 10.1. The Kier molecular flexibility index (Phi) is 5.05. The van der Waals surface area contributed by atoms with Crippen molar-refractivity contribution >= 4 is 34.3 Å². The third kappa shape index (κ3) is 4.00. The molecule has 0 fully saturated rings. The zero-order valence-electron chi connectivity index (χ0n) is 13.5. The Labute approximate surface area is 149 Å². The highest BCUT2D eigenvalue weighted by atomic mass is 35.5. The summed E-state index contributed by atoms with van der Waals surface area (Å²) in [6, 6.07) is 14.1. The monoisotopic (exact) mass is 357 g/mol. The summed E-state index contributed by atoms with van der Waals surface area (Å²) in [6.07, 6.45) is 0.724. The fourth-order valence-corrected chi connectivity index (χ4v) is 2.58. The van der Waals surface area contributed by atoms with Gasteiger partial charge in [-0.05, 0) is 37.3 Å². The third-order valence-corrected chi connectivity index (χ3v) is 3.95. The molecule has 0 aliphatic heterocycles. The van der Waals surface area contributed by atoms with Crippen molar-refractivity contribution in [3.05, 3.63) is 65.3 Å². The number of para-hydroxylation sites is 1. The molecule has 5 nitrogen and oxygen atoms in total. The number of hydrogen-bond acceptors (Lipinski definition) is 4. The topological polar surface area (TPSA) is 68.4 Å². The largest absolute Gasteiger partial charge is 0.482 e. The van der Waals surface area contributed by atoms with E-state index in [1.54, 1.807) is 37.4 Å². The molecule has 3 aromatic rings. The number of aromatic nitrogens is 1. The number of nitrogens with one attached hydrogen (secondary N) is 1. The lowest BCUT2D eigenvalue weighted by molar-refractivity contribution is -0.148. The second kappa shape index (κ2) is 7.40. The number of ether oxygens (including phenoxy) is 2. The van der Waals surface area contributed by atoms with Crippen LogP contribution < -0.4 is 4.74 Å². The van der Waals surface area contributed by atoms with E-state index in [2.05, 4.69) is 4.98 Å². The van der Waals surface area contributed by atoms with Crippen LogP contribution in [0.15, 0.2) is 54.7 Å². The molecule has 0 aliphatic carbocycles. The first-order valence-electron chi connectivity index (χ1n) is 7.73. The number of ketones is 1. The van der Waals surface area contributed by atoms with Gasteiger partial charge in [0, 0.05) is 27.7 Å². The minimum Gasteiger partial charge on any atom is -0.482 e. The van der Waals surface area contributed by atoms with Crippen LogP contribution in [0.3, 0.4) is 0 Å². The first-order chi connectivity index (χ1) is 12.0. The summed E-state index contributed by atoms with van der Waals surface area (Å²) in [5.41, 5.74) is 1.35. The van der Waals surface area contributed by atoms with E-state index >= 15 is 0 Å². The number of aromatic amines is 1. The van der Waals surface area contributed by atoms with Gasteiger partial charge in [-0.25, -0.2) is 4.79 Å². The van der Waals surface area contributed by atoms with Gasteiger partial charge in [0.15, 0.2) is 12.7 Å². The Morgan fingerprint density at radius 2 is 1.84 bits per heavy atom. The van der Waals surface area contributed by atoms with Crippen LogP contribution in [0.4, 0.5) is 0 Å². The highest BCUT2D eigenvalue weighted by molar-refractivity contribution is 6.30. The van der Waals surface area contributed by atoms with Crippen LogP contribution in [0, 0.1) is 0 Å². The number of H-pyrrole nitrogens is 1. The number of fused-ring (bicyclic) bond motifs is 1. The number of esters is 1. The van der Waals surface area contributed by atoms with E-state index in [4.69, 9.17) is 21.1 Å². The molecule has 2 aromatic carbocycles. The summed E-state index contributed by atoms with van der Waals surface area (Å²) >= 11 is 5.78. The van der Waals surface area contributed by atoms with Crippen LogP contribution in [0.5, 0.6) is 5.75 Å². The van der Waals surface area contributed by atoms with Gasteiger partial charge in [-0.1, -0.05) is 29.8 Å². The number of Topliss-reactive ketones (excluding diaryl/α,β-unsaturated/α-hetero) is 1. The van der Waals surface area contributed by atoms with E-state index in [0.29, 0.717) is 16.3 Å². The predicted molar refractivity (Wildman–Crippen MR) is 95.1 cm³/mol. The SMILES string of the molecule is C[C@H](OC(=O)COc1ccc(Cl)cc1)C(=O)c1c[nH]c2ccccc12. The highest BCUT2D eigenvalue weighted by Gasteiger charge is 2.22. The number of carbonyl (C=O) groups excluding carboxylic acids is 2. The fourth-order valence-electron chi connectivity index (χ4n) is 2.45. The average molecular weight is 358 g/mol. The van der Waals surface area contributed by atoms with Crippen molar-refractivity contribution in [2.24, 2.45) is 0 Å². The molecule has 0 bridgehead atoms. The van der Waals surface area contributed by atoms with Gasteiger partial charge in [0.1, 0.15) is 5.75 Å². The first-order valence-corrected chi connectivity index (χ1v) is 8.10. The maximum Gasteiger partial charge on any atom is 0.344 e. The summed E-state index contributed by atoms with van der Waals surface area (Å²) < 4.78 is 10.5. The van der Waals surface area contributed by atoms with Crippen molar-refractivity contribution in [2.75, 3.05) is 6.61 Å². The van der Waals surface area contributed by atoms with E-state index in [1.807, 2.05) is 24.3 Å². The Balaban J connectivity index is 1.59. The van der Waals surface area contributed by atoms with Crippen LogP contribution in [0.25, 0.3) is 10.9 Å². The molecule has 1 atom stereocenters. The predicted octanol–water partition coefficient (Wildman–Crippen LogP) is 4.01. The molecule has 0 spiro atoms. The minimum atomic E-state index is -0.902. The molecule has 0 unspecified atom stereocenters. The Morgan fingerprint density at radius 3 is 2.60 bits per heavy atom. The van der Waals surface area contributed by atoms with Crippen molar-refractivity contribution in [3.63, 3.8) is 0 Å². The molecule has 0 saturated heterocycles. The number of rotatable bonds is 6. The quantitative estimate of drug-likeness (QED) is 0.534. The molecule has 6 heteroatoms. The van der Waals surface area contributed by atoms with Crippen molar-refractivity contribution in [1.82, 2.24) is 4.98 Å². The number of benzene rings is 2. The Bertz CT molecular complexity index is 901. The van der Waals surface area contributed by atoms with Crippen LogP contribution in [-0.2, 0) is 9.53 Å². The molecular formula is C19H16ClNO4. The van der Waals surface area contributed by atoms with Gasteiger partial charge < -0.3 is 14.5 Å². The van der Waals surface area contributed by atoms with E-state index in [-0.39, 0.29) is 12.4 Å². The molecule has 1 N–H and O–H groups in total. The molecule has 25 heavy (non-hydrogen) atoms. The standard InChI is InChI=1S/C19H16ClNO4/c1-12(19(23)16-10-21-17-5-3-2-4-15(16)17)25-18(22)11-24-14-8-6-13(20)7-9-14/h2-10,12,21H,11H2,1H3/t12-/m0/s1. The fraction of sp³-hybridized carbons (Fsp3) is 0.158. The smallest absolute Gasteiger partial charge is 0.344 e. The number of carbonyl (C=O) groups is 2. The minimum absolute atomic E-state index is 0.266. The molecule has 0 saturated carbocycles. The molecule has 0 aliphatic rings. The van der Waals surface area contributed by atoms with Gasteiger partial charge in [0.05, 0.1) is 0 Å². The molecule has 0 radical (unpaired) electrons. The van der Waals surface area contributed by atoms with Gasteiger partial charge in [-0.2, -0.15) is 0 Å². The summed E-state index contributed by atoms with van der Waals surface area (Å²) in [6.45, 7) is 1.26. The van der Waals surface area contributed by atoms with Crippen LogP contribution in [-0.4, -0.2) is 29.4 Å². The second-order valence-corrected chi connectivity index (χ2v) is 5.92. The van der Waals surface area contributed by atoms with E-state index in [0.717, 1.165) is 10.9 Å².